The number of halogens is 1. The molecule has 0 radical (unpaired) electrons. The lowest BCUT2D eigenvalue weighted by Gasteiger charge is -2.26. The highest BCUT2D eigenvalue weighted by Gasteiger charge is 2.30. The minimum absolute atomic E-state index is 0.0558. The predicted molar refractivity (Wildman–Crippen MR) is 177 cm³/mol. The lowest BCUT2D eigenvalue weighted by molar-refractivity contribution is -0.133. The van der Waals surface area contributed by atoms with E-state index in [1.165, 1.54) is 24.3 Å². The second-order valence-electron chi connectivity index (χ2n) is 11.5. The molecule has 0 aliphatic heterocycles. The Balaban J connectivity index is 2.30. The fourth-order valence-corrected chi connectivity index (χ4v) is 5.04. The van der Waals surface area contributed by atoms with Gasteiger partial charge in [-0.2, -0.15) is 0 Å². The number of nitrogens with zero attached hydrogens (tertiary/aromatic N) is 1. The standard InChI is InChI=1S/C32H48FN9O5/c1-18-14-22(43)15-19(2)23(18)17-24(35)29(45)41-26(7-5-13-39-32(37)38)30(46)42-27(16-20-8-10-21(33)11-9-20)31(47)40-25(28(36)44)6-3-4-12-34/h8-11,14-15,24-27,43H,3-7,12-13,16-17,34-35H2,1-2H3,(H2,36,44)(H,40,47)(H,41,45)(H,42,46)(H4,37,38,39)/t24-,25-,26+,27-/m0/s1. The van der Waals surface area contributed by atoms with Gasteiger partial charge in [0, 0.05) is 13.0 Å². The van der Waals surface area contributed by atoms with Gasteiger partial charge in [0.05, 0.1) is 6.04 Å². The van der Waals surface area contributed by atoms with Crippen molar-refractivity contribution in [3.63, 3.8) is 0 Å². The highest BCUT2D eigenvalue weighted by molar-refractivity contribution is 5.94. The highest BCUT2D eigenvalue weighted by Crippen LogP contribution is 2.22. The number of aliphatic imine (C=N–C) groups is 1. The Morgan fingerprint density at radius 1 is 0.809 bits per heavy atom. The van der Waals surface area contributed by atoms with Crippen molar-refractivity contribution >= 4 is 29.6 Å². The van der Waals surface area contributed by atoms with Gasteiger partial charge in [-0.3, -0.25) is 24.2 Å². The van der Waals surface area contributed by atoms with Gasteiger partial charge >= 0.3 is 0 Å². The zero-order valence-corrected chi connectivity index (χ0v) is 26.9. The van der Waals surface area contributed by atoms with Crippen LogP contribution in [0.4, 0.5) is 4.39 Å². The van der Waals surface area contributed by atoms with E-state index in [-0.39, 0.29) is 43.9 Å². The van der Waals surface area contributed by atoms with Crippen LogP contribution in [-0.4, -0.2) is 72.0 Å². The third-order valence-corrected chi connectivity index (χ3v) is 7.61. The van der Waals surface area contributed by atoms with Crippen molar-refractivity contribution in [3.8, 4) is 5.75 Å². The summed E-state index contributed by atoms with van der Waals surface area (Å²) in [5, 5.41) is 17.8. The van der Waals surface area contributed by atoms with Gasteiger partial charge in [-0.25, -0.2) is 4.39 Å². The summed E-state index contributed by atoms with van der Waals surface area (Å²) in [5.74, 6) is -3.29. The average Bonchev–Trinajstić information content (AvgIpc) is 3.00. The number of hydrogen-bond donors (Lipinski definition) is 9. The molecule has 4 atom stereocenters. The van der Waals surface area contributed by atoms with Crippen molar-refractivity contribution in [1.29, 1.82) is 0 Å². The maximum Gasteiger partial charge on any atom is 0.243 e. The van der Waals surface area contributed by atoms with E-state index in [1.54, 1.807) is 26.0 Å². The molecule has 0 unspecified atom stereocenters. The SMILES string of the molecule is Cc1cc(O)cc(C)c1C[C@H](N)C(=O)N[C@H](CCCN=C(N)N)C(=O)N[C@@H](Cc1ccc(F)cc1)C(=O)N[C@@H](CCCCN)C(N)=O. The molecule has 0 aliphatic rings. The highest BCUT2D eigenvalue weighted by atomic mass is 19.1. The summed E-state index contributed by atoms with van der Waals surface area (Å²) in [7, 11) is 0. The van der Waals surface area contributed by atoms with Crippen LogP contribution in [0.25, 0.3) is 0 Å². The molecule has 2 aromatic carbocycles. The molecule has 14 nitrogen and oxygen atoms in total. The number of phenols is 1. The zero-order chi connectivity index (χ0) is 35.1. The number of aryl methyl sites for hydroxylation is 2. The van der Waals surface area contributed by atoms with Gasteiger partial charge < -0.3 is 49.7 Å². The number of carbonyl (C=O) groups is 4. The third-order valence-electron chi connectivity index (χ3n) is 7.61. The molecule has 4 amide bonds. The maximum absolute atomic E-state index is 13.7. The molecule has 0 saturated carbocycles. The van der Waals surface area contributed by atoms with Crippen molar-refractivity contribution in [1.82, 2.24) is 16.0 Å². The lowest BCUT2D eigenvalue weighted by Crippen LogP contribution is -2.58. The minimum Gasteiger partial charge on any atom is -0.508 e. The molecule has 14 N–H and O–H groups in total. The van der Waals surface area contributed by atoms with E-state index < -0.39 is 53.6 Å². The lowest BCUT2D eigenvalue weighted by atomic mass is 9.95. The number of carbonyl (C=O) groups excluding carboxylic acids is 4. The summed E-state index contributed by atoms with van der Waals surface area (Å²) in [6, 6.07) is 4.08. The number of nitrogens with one attached hydrogen (secondary N) is 3. The Hall–Kier alpha value is -4.76. The van der Waals surface area contributed by atoms with Crippen LogP contribution in [0.5, 0.6) is 5.75 Å². The molecule has 0 fully saturated rings. The first-order valence-electron chi connectivity index (χ1n) is 15.5. The van der Waals surface area contributed by atoms with Crippen LogP contribution in [-0.2, 0) is 32.0 Å². The fourth-order valence-electron chi connectivity index (χ4n) is 5.04. The summed E-state index contributed by atoms with van der Waals surface area (Å²) < 4.78 is 13.6. The van der Waals surface area contributed by atoms with E-state index in [1.807, 2.05) is 0 Å². The van der Waals surface area contributed by atoms with Crippen LogP contribution in [0, 0.1) is 19.7 Å². The van der Waals surface area contributed by atoms with Crippen molar-refractivity contribution in [3.05, 3.63) is 64.5 Å². The summed E-state index contributed by atoms with van der Waals surface area (Å²) in [5.41, 5.74) is 31.0. The van der Waals surface area contributed by atoms with Gasteiger partial charge in [0.2, 0.25) is 23.6 Å². The first-order chi connectivity index (χ1) is 22.2. The smallest absolute Gasteiger partial charge is 0.243 e. The van der Waals surface area contributed by atoms with E-state index in [2.05, 4.69) is 20.9 Å². The molecular formula is C32H48FN9O5. The van der Waals surface area contributed by atoms with Crippen LogP contribution in [0.15, 0.2) is 41.4 Å². The van der Waals surface area contributed by atoms with Crippen LogP contribution in [0.3, 0.4) is 0 Å². The number of amides is 4. The number of hydrogen-bond acceptors (Lipinski definition) is 8. The van der Waals surface area contributed by atoms with Gasteiger partial charge in [0.25, 0.3) is 0 Å². The Morgan fingerprint density at radius 2 is 1.36 bits per heavy atom. The second kappa shape index (κ2) is 19.0. The first-order valence-corrected chi connectivity index (χ1v) is 15.5. The third kappa shape index (κ3) is 13.2. The quantitative estimate of drug-likeness (QED) is 0.0529. The van der Waals surface area contributed by atoms with Crippen LogP contribution >= 0.6 is 0 Å². The molecule has 0 saturated heterocycles. The molecular weight excluding hydrogens is 609 g/mol. The van der Waals surface area contributed by atoms with Crippen LogP contribution in [0.2, 0.25) is 0 Å². The second-order valence-corrected chi connectivity index (χ2v) is 11.5. The number of primary amides is 1. The average molecular weight is 658 g/mol. The molecule has 0 spiro atoms. The van der Waals surface area contributed by atoms with Crippen LogP contribution < -0.4 is 44.6 Å². The molecule has 0 heterocycles. The summed E-state index contributed by atoms with van der Waals surface area (Å²) in [6.07, 6.45) is 1.86. The first kappa shape index (κ1) is 38.4. The van der Waals surface area contributed by atoms with Gasteiger partial charge in [-0.1, -0.05) is 12.1 Å². The molecule has 47 heavy (non-hydrogen) atoms. The number of phenolic OH excluding ortho intramolecular Hbond substituents is 1. The number of guanidine groups is 1. The van der Waals surface area contributed by atoms with E-state index >= 15 is 0 Å². The summed E-state index contributed by atoms with van der Waals surface area (Å²) >= 11 is 0. The predicted octanol–water partition coefficient (Wildman–Crippen LogP) is -0.617. The van der Waals surface area contributed by atoms with Crippen molar-refractivity contribution in [2.45, 2.75) is 83.0 Å². The van der Waals surface area contributed by atoms with E-state index in [0.717, 1.165) is 16.7 Å². The molecule has 0 aromatic heterocycles. The number of nitrogens with two attached hydrogens (primary N) is 5. The molecule has 2 aromatic rings. The number of aromatic hydroxyl groups is 1. The van der Waals surface area contributed by atoms with Crippen molar-refractivity contribution in [2.75, 3.05) is 13.1 Å². The Kier molecular flexibility index (Phi) is 15.6. The summed E-state index contributed by atoms with van der Waals surface area (Å²) in [4.78, 5) is 56.5. The molecule has 0 aliphatic carbocycles. The largest absolute Gasteiger partial charge is 0.508 e. The van der Waals surface area contributed by atoms with Crippen molar-refractivity contribution in [2.24, 2.45) is 33.7 Å². The maximum atomic E-state index is 13.7. The van der Waals surface area contributed by atoms with Gasteiger partial charge in [0.1, 0.15) is 29.7 Å². The molecule has 2 rings (SSSR count). The Morgan fingerprint density at radius 3 is 1.94 bits per heavy atom. The normalized spacial score (nSPS) is 13.5. The van der Waals surface area contributed by atoms with Gasteiger partial charge in [-0.15, -0.1) is 0 Å². The van der Waals surface area contributed by atoms with E-state index in [4.69, 9.17) is 28.7 Å². The molecule has 258 valence electrons. The molecule has 15 heteroatoms. The van der Waals surface area contributed by atoms with Crippen molar-refractivity contribution < 1.29 is 28.7 Å². The molecule has 0 bridgehead atoms. The minimum atomic E-state index is -1.22. The number of rotatable bonds is 19. The van der Waals surface area contributed by atoms with E-state index in [0.29, 0.717) is 31.4 Å². The monoisotopic (exact) mass is 657 g/mol. The zero-order valence-electron chi connectivity index (χ0n) is 26.9. The topological polar surface area (TPSA) is 267 Å². The van der Waals surface area contributed by atoms with Crippen LogP contribution in [0.1, 0.15) is 54.4 Å². The van der Waals surface area contributed by atoms with Gasteiger partial charge in [0.15, 0.2) is 5.96 Å². The van der Waals surface area contributed by atoms with E-state index in [9.17, 15) is 28.7 Å². The Bertz CT molecular complexity index is 1380. The number of benzene rings is 2. The number of unbranched alkanes of at least 4 members (excludes halogenated alkanes) is 1. The summed E-state index contributed by atoms with van der Waals surface area (Å²) in [6.45, 7) is 4.15. The van der Waals surface area contributed by atoms with Gasteiger partial charge in [-0.05, 0) is 105 Å². The Labute approximate surface area is 274 Å². The fraction of sp³-hybridized carbons (Fsp3) is 0.469.